The van der Waals surface area contributed by atoms with E-state index in [0.717, 1.165) is 37.0 Å². The second-order valence-electron chi connectivity index (χ2n) is 7.09. The Morgan fingerprint density at radius 2 is 1.62 bits per heavy atom. The molecule has 4 rings (SSSR count). The van der Waals surface area contributed by atoms with Gasteiger partial charge < -0.3 is 4.90 Å². The fraction of sp³-hybridized carbons (Fsp3) is 0.333. The summed E-state index contributed by atoms with van der Waals surface area (Å²) < 4.78 is 40.7. The fourth-order valence-corrected chi connectivity index (χ4v) is 3.60. The van der Waals surface area contributed by atoms with Crippen LogP contribution in [-0.2, 0) is 12.7 Å². The van der Waals surface area contributed by atoms with E-state index in [-0.39, 0.29) is 0 Å². The Morgan fingerprint density at radius 3 is 2.34 bits per heavy atom. The predicted molar refractivity (Wildman–Crippen MR) is 106 cm³/mol. The Morgan fingerprint density at radius 1 is 0.862 bits per heavy atom. The molecule has 2 aromatic carbocycles. The van der Waals surface area contributed by atoms with Crippen LogP contribution in [0.15, 0.2) is 60.8 Å². The molecule has 0 aliphatic carbocycles. The molecular formula is C21H22F3N5. The van der Waals surface area contributed by atoms with Crippen molar-refractivity contribution in [3.8, 4) is 11.3 Å². The van der Waals surface area contributed by atoms with Crippen LogP contribution in [0.3, 0.4) is 0 Å². The van der Waals surface area contributed by atoms with Gasteiger partial charge >= 0.3 is 6.18 Å². The van der Waals surface area contributed by atoms with Gasteiger partial charge in [-0.2, -0.15) is 13.2 Å². The molecule has 0 bridgehead atoms. The highest BCUT2D eigenvalue weighted by molar-refractivity contribution is 5.57. The molecular weight excluding hydrogens is 379 g/mol. The van der Waals surface area contributed by atoms with Gasteiger partial charge in [0.25, 0.3) is 0 Å². The fourth-order valence-electron chi connectivity index (χ4n) is 3.60. The third-order valence-electron chi connectivity index (χ3n) is 5.23. The van der Waals surface area contributed by atoms with E-state index in [9.17, 15) is 13.2 Å². The summed E-state index contributed by atoms with van der Waals surface area (Å²) in [6.45, 7) is 4.53. The van der Waals surface area contributed by atoms with Gasteiger partial charge in [0.15, 0.2) is 0 Å². The lowest BCUT2D eigenvalue weighted by atomic mass is 10.1. The van der Waals surface area contributed by atoms with Gasteiger partial charge in [-0.1, -0.05) is 41.6 Å². The van der Waals surface area contributed by atoms with Crippen molar-refractivity contribution >= 4 is 5.69 Å². The number of aromatic nitrogens is 3. The van der Waals surface area contributed by atoms with E-state index < -0.39 is 11.7 Å². The Labute approximate surface area is 167 Å². The van der Waals surface area contributed by atoms with Crippen molar-refractivity contribution in [3.05, 3.63) is 66.4 Å². The van der Waals surface area contributed by atoms with Gasteiger partial charge in [-0.25, -0.2) is 4.68 Å². The van der Waals surface area contributed by atoms with Crippen molar-refractivity contribution in [1.29, 1.82) is 0 Å². The zero-order valence-electron chi connectivity index (χ0n) is 15.9. The van der Waals surface area contributed by atoms with E-state index >= 15 is 0 Å². The van der Waals surface area contributed by atoms with Gasteiger partial charge in [-0.15, -0.1) is 5.10 Å². The molecule has 1 aliphatic rings. The molecule has 3 aromatic rings. The monoisotopic (exact) mass is 401 g/mol. The van der Waals surface area contributed by atoms with Crippen molar-refractivity contribution in [2.45, 2.75) is 12.7 Å². The molecule has 1 fully saturated rings. The SMILES string of the molecule is FC(F)(F)c1cccc(N2CCN(CCn3nncc3-c3ccccc3)CC2)c1. The van der Waals surface area contributed by atoms with Gasteiger partial charge in [-0.05, 0) is 18.2 Å². The first-order chi connectivity index (χ1) is 14.0. The molecule has 0 atom stereocenters. The summed E-state index contributed by atoms with van der Waals surface area (Å²) in [6, 6.07) is 15.6. The zero-order valence-corrected chi connectivity index (χ0v) is 15.9. The number of hydrogen-bond acceptors (Lipinski definition) is 4. The number of rotatable bonds is 5. The Kier molecular flexibility index (Phi) is 5.53. The topological polar surface area (TPSA) is 37.2 Å². The van der Waals surface area contributed by atoms with Crippen molar-refractivity contribution in [1.82, 2.24) is 19.9 Å². The van der Waals surface area contributed by atoms with E-state index in [0.29, 0.717) is 25.3 Å². The van der Waals surface area contributed by atoms with E-state index in [1.54, 1.807) is 12.3 Å². The first kappa shape index (κ1) is 19.4. The number of alkyl halides is 3. The molecule has 0 radical (unpaired) electrons. The molecule has 1 aromatic heterocycles. The largest absolute Gasteiger partial charge is 0.416 e. The smallest absolute Gasteiger partial charge is 0.369 e. The standard InChI is InChI=1S/C21H22F3N5/c22-21(23,24)18-7-4-8-19(15-18)28-12-9-27(10-13-28)11-14-29-20(16-25-26-29)17-5-2-1-3-6-17/h1-8,15-16H,9-14H2. The average Bonchev–Trinajstić information content (AvgIpc) is 3.21. The van der Waals surface area contributed by atoms with Crippen LogP contribution in [0.4, 0.5) is 18.9 Å². The normalized spacial score (nSPS) is 15.6. The quantitative estimate of drug-likeness (QED) is 0.652. The Hall–Kier alpha value is -2.87. The summed E-state index contributed by atoms with van der Waals surface area (Å²) >= 11 is 0. The lowest BCUT2D eigenvalue weighted by molar-refractivity contribution is -0.137. The van der Waals surface area contributed by atoms with Crippen molar-refractivity contribution in [2.75, 3.05) is 37.6 Å². The van der Waals surface area contributed by atoms with Gasteiger partial charge in [0.2, 0.25) is 0 Å². The van der Waals surface area contributed by atoms with Gasteiger partial charge in [-0.3, -0.25) is 4.90 Å². The minimum Gasteiger partial charge on any atom is -0.369 e. The van der Waals surface area contributed by atoms with Crippen LogP contribution in [0, 0.1) is 0 Å². The van der Waals surface area contributed by atoms with E-state index in [1.807, 2.05) is 39.9 Å². The molecule has 1 aliphatic heterocycles. The summed E-state index contributed by atoms with van der Waals surface area (Å²) in [5, 5.41) is 8.23. The highest BCUT2D eigenvalue weighted by Crippen LogP contribution is 2.31. The number of piperazine rings is 1. The molecule has 152 valence electrons. The number of halogens is 3. The molecule has 2 heterocycles. The average molecular weight is 401 g/mol. The maximum Gasteiger partial charge on any atom is 0.416 e. The van der Waals surface area contributed by atoms with Crippen LogP contribution in [0.1, 0.15) is 5.56 Å². The van der Waals surface area contributed by atoms with E-state index in [1.165, 1.54) is 12.1 Å². The van der Waals surface area contributed by atoms with Crippen LogP contribution in [0.5, 0.6) is 0 Å². The minimum absolute atomic E-state index is 0.600. The zero-order chi connectivity index (χ0) is 20.3. The summed E-state index contributed by atoms with van der Waals surface area (Å²) in [5.41, 5.74) is 2.08. The van der Waals surface area contributed by atoms with Crippen LogP contribution in [0.25, 0.3) is 11.3 Å². The van der Waals surface area contributed by atoms with Gasteiger partial charge in [0, 0.05) is 44.0 Å². The maximum absolute atomic E-state index is 12.9. The van der Waals surface area contributed by atoms with Crippen molar-refractivity contribution < 1.29 is 13.2 Å². The third-order valence-corrected chi connectivity index (χ3v) is 5.23. The lowest BCUT2D eigenvalue weighted by Crippen LogP contribution is -2.47. The van der Waals surface area contributed by atoms with E-state index in [2.05, 4.69) is 15.2 Å². The predicted octanol–water partition coefficient (Wildman–Crippen LogP) is 3.79. The molecule has 8 heteroatoms. The highest BCUT2D eigenvalue weighted by Gasteiger charge is 2.31. The molecule has 29 heavy (non-hydrogen) atoms. The number of hydrogen-bond donors (Lipinski definition) is 0. The summed E-state index contributed by atoms with van der Waals surface area (Å²) in [5.74, 6) is 0. The third kappa shape index (κ3) is 4.59. The van der Waals surface area contributed by atoms with Gasteiger partial charge in [0.05, 0.1) is 24.0 Å². The van der Waals surface area contributed by atoms with E-state index in [4.69, 9.17) is 0 Å². The van der Waals surface area contributed by atoms with Crippen LogP contribution < -0.4 is 4.90 Å². The summed E-state index contributed by atoms with van der Waals surface area (Å²) in [6.07, 6.45) is -2.55. The number of benzene rings is 2. The lowest BCUT2D eigenvalue weighted by Gasteiger charge is -2.36. The molecule has 1 saturated heterocycles. The molecule has 0 N–H and O–H groups in total. The van der Waals surface area contributed by atoms with Crippen LogP contribution in [-0.4, -0.2) is 52.6 Å². The number of nitrogens with zero attached hydrogens (tertiary/aromatic N) is 5. The first-order valence-corrected chi connectivity index (χ1v) is 9.59. The second kappa shape index (κ2) is 8.24. The molecule has 0 unspecified atom stereocenters. The molecule has 0 saturated carbocycles. The first-order valence-electron chi connectivity index (χ1n) is 9.59. The molecule has 5 nitrogen and oxygen atoms in total. The van der Waals surface area contributed by atoms with Crippen molar-refractivity contribution in [3.63, 3.8) is 0 Å². The van der Waals surface area contributed by atoms with Crippen LogP contribution in [0.2, 0.25) is 0 Å². The molecule has 0 amide bonds. The maximum atomic E-state index is 12.9. The minimum atomic E-state index is -4.31. The second-order valence-corrected chi connectivity index (χ2v) is 7.09. The number of anilines is 1. The Balaban J connectivity index is 1.33. The Bertz CT molecular complexity index is 931. The summed E-state index contributed by atoms with van der Waals surface area (Å²) in [7, 11) is 0. The highest BCUT2D eigenvalue weighted by atomic mass is 19.4. The van der Waals surface area contributed by atoms with Crippen LogP contribution >= 0.6 is 0 Å². The molecule has 0 spiro atoms. The van der Waals surface area contributed by atoms with Crippen molar-refractivity contribution in [2.24, 2.45) is 0 Å². The summed E-state index contributed by atoms with van der Waals surface area (Å²) in [4.78, 5) is 4.32. The van der Waals surface area contributed by atoms with Gasteiger partial charge in [0.1, 0.15) is 0 Å².